The molecule has 2 aliphatic heterocycles. The van der Waals surface area contributed by atoms with Gasteiger partial charge in [-0.05, 0) is 30.4 Å². The third-order valence-electron chi connectivity index (χ3n) is 4.38. The van der Waals surface area contributed by atoms with E-state index in [2.05, 4.69) is 21.8 Å². The van der Waals surface area contributed by atoms with E-state index in [1.54, 1.807) is 6.20 Å². The first-order valence-corrected chi connectivity index (χ1v) is 8.45. The Balaban J connectivity index is 1.57. The number of likely N-dealkylation sites (tertiary alicyclic amines) is 1. The maximum atomic E-state index is 6.14. The lowest BCUT2D eigenvalue weighted by molar-refractivity contribution is 0.138. The van der Waals surface area contributed by atoms with E-state index in [1.165, 1.54) is 12.8 Å². The normalized spacial score (nSPS) is 25.6. The summed E-state index contributed by atoms with van der Waals surface area (Å²) in [6.45, 7) is 6.23. The van der Waals surface area contributed by atoms with E-state index < -0.39 is 0 Å². The zero-order chi connectivity index (χ0) is 16.1. The van der Waals surface area contributed by atoms with Gasteiger partial charge in [-0.15, -0.1) is 0 Å². The molecule has 6 heteroatoms. The van der Waals surface area contributed by atoms with Crippen molar-refractivity contribution < 1.29 is 9.47 Å². The lowest BCUT2D eigenvalue weighted by atomic mass is 10.0. The third kappa shape index (κ3) is 4.58. The smallest absolute Gasteiger partial charge is 0.213 e. The molecule has 23 heavy (non-hydrogen) atoms. The van der Waals surface area contributed by atoms with E-state index in [-0.39, 0.29) is 6.10 Å². The number of guanidine groups is 1. The lowest BCUT2D eigenvalue weighted by Gasteiger charge is -2.31. The summed E-state index contributed by atoms with van der Waals surface area (Å²) >= 11 is 0. The van der Waals surface area contributed by atoms with Gasteiger partial charge in [-0.1, -0.05) is 6.92 Å². The van der Waals surface area contributed by atoms with Crippen LogP contribution in [-0.2, 0) is 11.3 Å². The minimum atomic E-state index is 0.112. The summed E-state index contributed by atoms with van der Waals surface area (Å²) in [5.74, 6) is 1.96. The highest BCUT2D eigenvalue weighted by Gasteiger charge is 2.18. The van der Waals surface area contributed by atoms with Gasteiger partial charge in [0.1, 0.15) is 6.10 Å². The van der Waals surface area contributed by atoms with E-state index in [9.17, 15) is 0 Å². The van der Waals surface area contributed by atoms with Gasteiger partial charge >= 0.3 is 0 Å². The van der Waals surface area contributed by atoms with Crippen LogP contribution < -0.4 is 10.5 Å². The Bertz CT molecular complexity index is 543. The zero-order valence-corrected chi connectivity index (χ0v) is 13.8. The Morgan fingerprint density at radius 3 is 3.22 bits per heavy atom. The molecule has 3 rings (SSSR count). The van der Waals surface area contributed by atoms with Crippen molar-refractivity contribution in [1.82, 2.24) is 9.88 Å². The minimum Gasteiger partial charge on any atom is -0.472 e. The van der Waals surface area contributed by atoms with Gasteiger partial charge in [0.15, 0.2) is 5.96 Å². The average molecular weight is 318 g/mol. The Morgan fingerprint density at radius 1 is 1.52 bits per heavy atom. The Hall–Kier alpha value is -1.82. The highest BCUT2D eigenvalue weighted by Crippen LogP contribution is 2.17. The van der Waals surface area contributed by atoms with Gasteiger partial charge in [-0.25, -0.2) is 9.98 Å². The van der Waals surface area contributed by atoms with E-state index in [4.69, 9.17) is 15.2 Å². The van der Waals surface area contributed by atoms with E-state index in [1.807, 2.05) is 12.1 Å². The second-order valence-electron chi connectivity index (χ2n) is 6.47. The molecular weight excluding hydrogens is 292 g/mol. The minimum absolute atomic E-state index is 0.112. The molecule has 6 nitrogen and oxygen atoms in total. The number of piperidine rings is 1. The molecule has 2 fully saturated rings. The van der Waals surface area contributed by atoms with Crippen LogP contribution in [0.4, 0.5) is 0 Å². The second kappa shape index (κ2) is 7.64. The molecule has 3 heterocycles. The number of pyridine rings is 1. The van der Waals surface area contributed by atoms with Gasteiger partial charge in [0.2, 0.25) is 5.88 Å². The first kappa shape index (κ1) is 16.1. The van der Waals surface area contributed by atoms with Gasteiger partial charge in [-0.3, -0.25) is 0 Å². The second-order valence-corrected chi connectivity index (χ2v) is 6.47. The Kier molecular flexibility index (Phi) is 5.33. The molecule has 0 spiro atoms. The van der Waals surface area contributed by atoms with Crippen LogP contribution in [0.5, 0.6) is 5.88 Å². The van der Waals surface area contributed by atoms with Crippen LogP contribution >= 0.6 is 0 Å². The zero-order valence-electron chi connectivity index (χ0n) is 13.8. The molecule has 1 aromatic rings. The molecule has 0 amide bonds. The summed E-state index contributed by atoms with van der Waals surface area (Å²) in [5, 5.41) is 0. The SMILES string of the molecule is CC1CCCN(C(N)=NCc2ccnc(OC3CCOC3)c2)C1. The molecule has 126 valence electrons. The Labute approximate surface area is 137 Å². The maximum absolute atomic E-state index is 6.14. The van der Waals surface area contributed by atoms with Crippen LogP contribution in [0.1, 0.15) is 31.7 Å². The van der Waals surface area contributed by atoms with Crippen molar-refractivity contribution in [2.75, 3.05) is 26.3 Å². The van der Waals surface area contributed by atoms with Crippen molar-refractivity contribution in [1.29, 1.82) is 0 Å². The van der Waals surface area contributed by atoms with Gasteiger partial charge in [-0.2, -0.15) is 0 Å². The van der Waals surface area contributed by atoms with Crippen LogP contribution in [0.3, 0.4) is 0 Å². The summed E-state index contributed by atoms with van der Waals surface area (Å²) in [5.41, 5.74) is 7.20. The van der Waals surface area contributed by atoms with Crippen molar-refractivity contribution >= 4 is 5.96 Å². The number of hydrogen-bond donors (Lipinski definition) is 1. The fourth-order valence-electron chi connectivity index (χ4n) is 3.06. The number of ether oxygens (including phenoxy) is 2. The van der Waals surface area contributed by atoms with Crippen LogP contribution in [0.25, 0.3) is 0 Å². The van der Waals surface area contributed by atoms with Crippen molar-refractivity contribution in [3.8, 4) is 5.88 Å². The fourth-order valence-corrected chi connectivity index (χ4v) is 3.06. The summed E-state index contributed by atoms with van der Waals surface area (Å²) in [6.07, 6.45) is 5.26. The van der Waals surface area contributed by atoms with Gasteiger partial charge in [0.05, 0.1) is 19.8 Å². The predicted molar refractivity (Wildman–Crippen MR) is 89.4 cm³/mol. The fraction of sp³-hybridized carbons (Fsp3) is 0.647. The summed E-state index contributed by atoms with van der Waals surface area (Å²) in [7, 11) is 0. The molecule has 0 bridgehead atoms. The molecular formula is C17H26N4O2. The lowest BCUT2D eigenvalue weighted by Crippen LogP contribution is -2.43. The maximum Gasteiger partial charge on any atom is 0.213 e. The van der Waals surface area contributed by atoms with Gasteiger partial charge in [0, 0.05) is 31.8 Å². The van der Waals surface area contributed by atoms with Crippen LogP contribution in [0.2, 0.25) is 0 Å². The quantitative estimate of drug-likeness (QED) is 0.677. The number of hydrogen-bond acceptors (Lipinski definition) is 4. The largest absolute Gasteiger partial charge is 0.472 e. The number of nitrogens with zero attached hydrogens (tertiary/aromatic N) is 3. The van der Waals surface area contributed by atoms with Crippen LogP contribution in [0.15, 0.2) is 23.3 Å². The summed E-state index contributed by atoms with van der Waals surface area (Å²) < 4.78 is 11.1. The summed E-state index contributed by atoms with van der Waals surface area (Å²) in [4.78, 5) is 11.0. The van der Waals surface area contributed by atoms with E-state index in [0.29, 0.717) is 30.9 Å². The first-order valence-electron chi connectivity index (χ1n) is 8.45. The molecule has 0 saturated carbocycles. The molecule has 2 saturated heterocycles. The van der Waals surface area contributed by atoms with Crippen molar-refractivity contribution in [3.05, 3.63) is 23.9 Å². The van der Waals surface area contributed by atoms with Crippen LogP contribution in [-0.4, -0.2) is 48.3 Å². The Morgan fingerprint density at radius 2 is 2.43 bits per heavy atom. The molecule has 2 atom stereocenters. The monoisotopic (exact) mass is 318 g/mol. The van der Waals surface area contributed by atoms with Gasteiger partial charge < -0.3 is 20.1 Å². The third-order valence-corrected chi connectivity index (χ3v) is 4.38. The topological polar surface area (TPSA) is 73.0 Å². The van der Waals surface area contributed by atoms with Gasteiger partial charge in [0.25, 0.3) is 0 Å². The summed E-state index contributed by atoms with van der Waals surface area (Å²) in [6, 6.07) is 3.89. The predicted octanol–water partition coefficient (Wildman–Crippen LogP) is 1.80. The molecule has 2 aliphatic rings. The average Bonchev–Trinajstić information content (AvgIpc) is 3.06. The van der Waals surface area contributed by atoms with E-state index >= 15 is 0 Å². The molecule has 0 radical (unpaired) electrons. The molecule has 0 aromatic carbocycles. The van der Waals surface area contributed by atoms with E-state index in [0.717, 1.165) is 31.7 Å². The standard InChI is InChI=1S/C17H26N4O2/c1-13-3-2-7-21(11-13)17(18)20-10-14-4-6-19-16(9-14)23-15-5-8-22-12-15/h4,6,9,13,15H,2-3,5,7-8,10-12H2,1H3,(H2,18,20). The number of aromatic nitrogens is 1. The number of rotatable bonds is 4. The molecule has 2 N–H and O–H groups in total. The molecule has 2 unspecified atom stereocenters. The molecule has 1 aromatic heterocycles. The van der Waals surface area contributed by atoms with Crippen molar-refractivity contribution in [3.63, 3.8) is 0 Å². The van der Waals surface area contributed by atoms with Crippen LogP contribution in [0, 0.1) is 5.92 Å². The van der Waals surface area contributed by atoms with Crippen molar-refractivity contribution in [2.45, 2.75) is 38.8 Å². The molecule has 0 aliphatic carbocycles. The number of nitrogens with two attached hydrogens (primary N) is 1. The number of aliphatic imine (C=N–C) groups is 1. The van der Waals surface area contributed by atoms with Crippen molar-refractivity contribution in [2.24, 2.45) is 16.6 Å². The first-order chi connectivity index (χ1) is 11.2. The highest BCUT2D eigenvalue weighted by atomic mass is 16.5. The highest BCUT2D eigenvalue weighted by molar-refractivity contribution is 5.78.